The number of pyridine rings is 1. The second kappa shape index (κ2) is 2.95. The van der Waals surface area contributed by atoms with Gasteiger partial charge in [0.25, 0.3) is 5.82 Å². The molecule has 7 heteroatoms. The fraction of sp³-hybridized carbons (Fsp3) is 0.125. The number of fused-ring (bicyclic) bond motifs is 1. The summed E-state index contributed by atoms with van der Waals surface area (Å²) in [4.78, 5) is 3.28. The first kappa shape index (κ1) is 9.45. The van der Waals surface area contributed by atoms with Crippen molar-refractivity contribution in [3.8, 4) is 6.07 Å². The van der Waals surface area contributed by atoms with Gasteiger partial charge >= 0.3 is 6.18 Å². The van der Waals surface area contributed by atoms with E-state index >= 15 is 0 Å². The number of hydrogen-bond acceptors (Lipinski definition) is 3. The molecule has 0 bridgehead atoms. The number of hydrogen-bond donors (Lipinski definition) is 0. The number of nitriles is 1. The third kappa shape index (κ3) is 1.61. The molecule has 0 aliphatic carbocycles. The van der Waals surface area contributed by atoms with Gasteiger partial charge < -0.3 is 0 Å². The number of alkyl halides is 3. The fourth-order valence-corrected chi connectivity index (χ4v) is 1.07. The number of rotatable bonds is 0. The van der Waals surface area contributed by atoms with Crippen LogP contribution in [0.5, 0.6) is 0 Å². The van der Waals surface area contributed by atoms with Gasteiger partial charge in [-0.2, -0.15) is 18.4 Å². The summed E-state index contributed by atoms with van der Waals surface area (Å²) in [6, 6.07) is 4.48. The van der Waals surface area contributed by atoms with Crippen molar-refractivity contribution >= 4 is 5.65 Å². The summed E-state index contributed by atoms with van der Waals surface area (Å²) in [5.41, 5.74) is 0.280. The van der Waals surface area contributed by atoms with E-state index in [9.17, 15) is 13.2 Å². The van der Waals surface area contributed by atoms with Crippen LogP contribution in [-0.2, 0) is 6.18 Å². The molecule has 2 aromatic heterocycles. The van der Waals surface area contributed by atoms with Gasteiger partial charge in [-0.1, -0.05) is 0 Å². The van der Waals surface area contributed by atoms with Gasteiger partial charge in [0.15, 0.2) is 5.65 Å². The predicted molar refractivity (Wildman–Crippen MR) is 42.7 cm³/mol. The quantitative estimate of drug-likeness (QED) is 0.666. The normalized spacial score (nSPS) is 11.6. The maximum Gasteiger partial charge on any atom is 0.453 e. The van der Waals surface area contributed by atoms with Gasteiger partial charge in [-0.25, -0.2) is 9.50 Å². The Morgan fingerprint density at radius 1 is 1.33 bits per heavy atom. The summed E-state index contributed by atoms with van der Waals surface area (Å²) in [6.45, 7) is 0. The highest BCUT2D eigenvalue weighted by Gasteiger charge is 2.36. The maximum absolute atomic E-state index is 12.2. The van der Waals surface area contributed by atoms with E-state index in [2.05, 4.69) is 10.1 Å². The molecule has 0 fully saturated rings. The predicted octanol–water partition coefficient (Wildman–Crippen LogP) is 1.62. The third-order valence-electron chi connectivity index (χ3n) is 1.71. The van der Waals surface area contributed by atoms with Crippen molar-refractivity contribution in [1.82, 2.24) is 14.6 Å². The van der Waals surface area contributed by atoms with Crippen LogP contribution in [0, 0.1) is 11.3 Å². The topological polar surface area (TPSA) is 54.0 Å². The van der Waals surface area contributed by atoms with Gasteiger partial charge in [0.2, 0.25) is 0 Å². The average Bonchev–Trinajstić information content (AvgIpc) is 2.59. The second-order valence-electron chi connectivity index (χ2n) is 2.77. The molecule has 0 atom stereocenters. The number of halogens is 3. The fourth-order valence-electron chi connectivity index (χ4n) is 1.07. The summed E-state index contributed by atoms with van der Waals surface area (Å²) in [7, 11) is 0. The Morgan fingerprint density at radius 2 is 2.07 bits per heavy atom. The van der Waals surface area contributed by atoms with Gasteiger partial charge in [-0.05, 0) is 12.1 Å². The Bertz CT molecular complexity index is 549. The molecule has 76 valence electrons. The molecule has 15 heavy (non-hydrogen) atoms. The van der Waals surface area contributed by atoms with Crippen molar-refractivity contribution in [2.75, 3.05) is 0 Å². The minimum atomic E-state index is -4.57. The molecule has 2 heterocycles. The molecule has 0 N–H and O–H groups in total. The highest BCUT2D eigenvalue weighted by Crippen LogP contribution is 2.26. The largest absolute Gasteiger partial charge is 0.453 e. The highest BCUT2D eigenvalue weighted by atomic mass is 19.4. The Hall–Kier alpha value is -2.10. The molecular weight excluding hydrogens is 209 g/mol. The monoisotopic (exact) mass is 212 g/mol. The molecule has 0 aliphatic rings. The molecule has 0 saturated carbocycles. The molecule has 0 unspecified atom stereocenters. The maximum atomic E-state index is 12.2. The van der Waals surface area contributed by atoms with E-state index in [0.717, 1.165) is 4.52 Å². The van der Waals surface area contributed by atoms with E-state index in [4.69, 9.17) is 5.26 Å². The molecule has 0 radical (unpaired) electrons. The van der Waals surface area contributed by atoms with E-state index in [1.807, 2.05) is 0 Å². The Balaban J connectivity index is 2.62. The van der Waals surface area contributed by atoms with Crippen LogP contribution >= 0.6 is 0 Å². The minimum absolute atomic E-state index is 0.0568. The summed E-state index contributed by atoms with van der Waals surface area (Å²) >= 11 is 0. The second-order valence-corrected chi connectivity index (χ2v) is 2.77. The van der Waals surface area contributed by atoms with Crippen molar-refractivity contribution in [3.05, 3.63) is 29.7 Å². The zero-order valence-electron chi connectivity index (χ0n) is 7.15. The molecule has 0 saturated heterocycles. The van der Waals surface area contributed by atoms with Crippen molar-refractivity contribution in [3.63, 3.8) is 0 Å². The van der Waals surface area contributed by atoms with Crippen LogP contribution in [-0.4, -0.2) is 14.6 Å². The van der Waals surface area contributed by atoms with Crippen LogP contribution in [0.2, 0.25) is 0 Å². The lowest BCUT2D eigenvalue weighted by atomic mass is 10.3. The van der Waals surface area contributed by atoms with E-state index in [1.165, 1.54) is 18.3 Å². The highest BCUT2D eigenvalue weighted by molar-refractivity contribution is 5.41. The van der Waals surface area contributed by atoms with E-state index in [1.54, 1.807) is 6.07 Å². The Labute approximate surface area is 81.6 Å². The van der Waals surface area contributed by atoms with Crippen LogP contribution in [0.4, 0.5) is 13.2 Å². The van der Waals surface area contributed by atoms with Gasteiger partial charge in [0.1, 0.15) is 6.07 Å². The minimum Gasteiger partial charge on any atom is -0.219 e. The van der Waals surface area contributed by atoms with Crippen molar-refractivity contribution in [2.24, 2.45) is 0 Å². The van der Waals surface area contributed by atoms with E-state index < -0.39 is 12.0 Å². The molecule has 0 amide bonds. The van der Waals surface area contributed by atoms with Crippen LogP contribution in [0.25, 0.3) is 5.65 Å². The third-order valence-corrected chi connectivity index (χ3v) is 1.71. The Morgan fingerprint density at radius 3 is 2.67 bits per heavy atom. The van der Waals surface area contributed by atoms with Crippen LogP contribution in [0.15, 0.2) is 18.3 Å². The zero-order valence-corrected chi connectivity index (χ0v) is 7.15. The molecule has 2 aromatic rings. The number of nitrogens with zero attached hydrogens (tertiary/aromatic N) is 4. The summed E-state index contributed by atoms with van der Waals surface area (Å²) in [6.07, 6.45) is -3.38. The van der Waals surface area contributed by atoms with Gasteiger partial charge in [0, 0.05) is 6.20 Å². The van der Waals surface area contributed by atoms with Gasteiger partial charge in [-0.15, -0.1) is 5.10 Å². The number of aromatic nitrogens is 3. The molecule has 2 rings (SSSR count). The summed E-state index contributed by atoms with van der Waals surface area (Å²) in [5, 5.41) is 11.8. The van der Waals surface area contributed by atoms with Crippen molar-refractivity contribution in [1.29, 1.82) is 5.26 Å². The summed E-state index contributed by atoms with van der Waals surface area (Å²) in [5.74, 6) is -1.21. The van der Waals surface area contributed by atoms with Gasteiger partial charge in [0.05, 0.1) is 5.56 Å². The van der Waals surface area contributed by atoms with Gasteiger partial charge in [-0.3, -0.25) is 0 Å². The smallest absolute Gasteiger partial charge is 0.219 e. The zero-order chi connectivity index (χ0) is 11.1. The van der Waals surface area contributed by atoms with E-state index in [-0.39, 0.29) is 11.2 Å². The average molecular weight is 212 g/mol. The first-order chi connectivity index (χ1) is 7.00. The molecule has 0 aliphatic heterocycles. The molecule has 4 nitrogen and oxygen atoms in total. The van der Waals surface area contributed by atoms with Crippen LogP contribution in [0.1, 0.15) is 11.4 Å². The standard InChI is InChI=1S/C8H3F3N4/c9-8(10,11)7-13-6-2-1-5(3-12)4-15(6)14-7/h1-2,4H. The first-order valence-corrected chi connectivity index (χ1v) is 3.84. The summed E-state index contributed by atoms with van der Waals surface area (Å²) < 4.78 is 37.5. The van der Waals surface area contributed by atoms with Crippen LogP contribution in [0.3, 0.4) is 0 Å². The lowest BCUT2D eigenvalue weighted by Gasteiger charge is -1.96. The van der Waals surface area contributed by atoms with E-state index in [0.29, 0.717) is 0 Å². The molecular formula is C8H3F3N4. The SMILES string of the molecule is N#Cc1ccc2nc(C(F)(F)F)nn2c1. The van der Waals surface area contributed by atoms with Crippen LogP contribution < -0.4 is 0 Å². The van der Waals surface area contributed by atoms with Crippen molar-refractivity contribution in [2.45, 2.75) is 6.18 Å². The van der Waals surface area contributed by atoms with Crippen molar-refractivity contribution < 1.29 is 13.2 Å². The lowest BCUT2D eigenvalue weighted by molar-refractivity contribution is -0.144. The molecule has 0 spiro atoms. The Kier molecular flexibility index (Phi) is 1.86. The lowest BCUT2D eigenvalue weighted by Crippen LogP contribution is -2.07. The first-order valence-electron chi connectivity index (χ1n) is 3.84. The molecule has 0 aromatic carbocycles.